The number of nitrogens with zero attached hydrogens (tertiary/aromatic N) is 1. The molecule has 0 aliphatic carbocycles. The number of morpholine rings is 1. The molecule has 0 radical (unpaired) electrons. The molecule has 1 rings (SSSR count). The third-order valence-electron chi connectivity index (χ3n) is 4.19. The summed E-state index contributed by atoms with van der Waals surface area (Å²) in [6, 6.07) is 0. The molecule has 0 unspecified atom stereocenters. The van der Waals surface area contributed by atoms with Gasteiger partial charge in [-0.2, -0.15) is 0 Å². The van der Waals surface area contributed by atoms with Crippen LogP contribution in [0.5, 0.6) is 0 Å². The van der Waals surface area contributed by atoms with Crippen LogP contribution in [-0.4, -0.2) is 42.6 Å². The van der Waals surface area contributed by atoms with Crippen LogP contribution in [0.15, 0.2) is 0 Å². The van der Waals surface area contributed by atoms with Crippen LogP contribution in [-0.2, 0) is 9.53 Å². The van der Waals surface area contributed by atoms with Gasteiger partial charge in [0.25, 0.3) is 0 Å². The SMILES string of the molecule is CCCC(CN)(CCC)C(=O)N1CCOCC1(C)C. The van der Waals surface area contributed by atoms with Crippen LogP contribution in [0.1, 0.15) is 53.4 Å². The quantitative estimate of drug-likeness (QED) is 0.805. The lowest BCUT2D eigenvalue weighted by atomic mass is 9.77. The van der Waals surface area contributed by atoms with Crippen molar-refractivity contribution in [1.82, 2.24) is 4.90 Å². The van der Waals surface area contributed by atoms with E-state index in [1.807, 2.05) is 4.90 Å². The Morgan fingerprint density at radius 1 is 1.32 bits per heavy atom. The highest BCUT2D eigenvalue weighted by atomic mass is 16.5. The third-order valence-corrected chi connectivity index (χ3v) is 4.19. The monoisotopic (exact) mass is 270 g/mol. The van der Waals surface area contributed by atoms with Gasteiger partial charge in [-0.15, -0.1) is 0 Å². The lowest BCUT2D eigenvalue weighted by molar-refractivity contribution is -0.158. The van der Waals surface area contributed by atoms with Gasteiger partial charge in [0.1, 0.15) is 0 Å². The number of amides is 1. The van der Waals surface area contributed by atoms with Gasteiger partial charge in [-0.25, -0.2) is 0 Å². The number of ether oxygens (including phenoxy) is 1. The smallest absolute Gasteiger partial charge is 0.230 e. The Hall–Kier alpha value is -0.610. The Balaban J connectivity index is 2.97. The Labute approximate surface area is 117 Å². The average molecular weight is 270 g/mol. The predicted molar refractivity (Wildman–Crippen MR) is 77.9 cm³/mol. The second kappa shape index (κ2) is 6.71. The summed E-state index contributed by atoms with van der Waals surface area (Å²) in [7, 11) is 0. The first kappa shape index (κ1) is 16.4. The standard InChI is InChI=1S/C15H30N2O2/c1-5-7-15(11-16,8-6-2)13(18)17-9-10-19-12-14(17,3)4/h5-12,16H2,1-4H3. The first-order valence-corrected chi connectivity index (χ1v) is 7.53. The normalized spacial score (nSPS) is 19.5. The maximum Gasteiger partial charge on any atom is 0.230 e. The van der Waals surface area contributed by atoms with E-state index in [1.54, 1.807) is 0 Å². The Kier molecular flexibility index (Phi) is 5.81. The van der Waals surface area contributed by atoms with E-state index >= 15 is 0 Å². The minimum Gasteiger partial charge on any atom is -0.377 e. The van der Waals surface area contributed by atoms with E-state index in [0.717, 1.165) is 25.7 Å². The highest BCUT2D eigenvalue weighted by Gasteiger charge is 2.44. The second-order valence-corrected chi connectivity index (χ2v) is 6.31. The third kappa shape index (κ3) is 3.48. The number of hydrogen-bond donors (Lipinski definition) is 1. The molecule has 1 heterocycles. The van der Waals surface area contributed by atoms with Crippen LogP contribution in [0, 0.1) is 5.41 Å². The molecule has 1 aliphatic rings. The van der Waals surface area contributed by atoms with Crippen LogP contribution in [0.3, 0.4) is 0 Å². The number of rotatable bonds is 6. The van der Waals surface area contributed by atoms with Gasteiger partial charge in [-0.05, 0) is 26.7 Å². The molecule has 1 fully saturated rings. The summed E-state index contributed by atoms with van der Waals surface area (Å²) in [5, 5.41) is 0. The van der Waals surface area contributed by atoms with Gasteiger partial charge in [0.15, 0.2) is 0 Å². The summed E-state index contributed by atoms with van der Waals surface area (Å²) in [5.74, 6) is 0.229. The van der Waals surface area contributed by atoms with Crippen molar-refractivity contribution in [2.75, 3.05) is 26.3 Å². The molecule has 1 aliphatic heterocycles. The molecule has 19 heavy (non-hydrogen) atoms. The minimum atomic E-state index is -0.377. The molecule has 0 aromatic rings. The maximum atomic E-state index is 13.0. The molecule has 112 valence electrons. The summed E-state index contributed by atoms with van der Waals surface area (Å²) in [6.07, 6.45) is 3.74. The highest BCUT2D eigenvalue weighted by Crippen LogP contribution is 2.34. The van der Waals surface area contributed by atoms with E-state index in [2.05, 4.69) is 27.7 Å². The molecular formula is C15H30N2O2. The zero-order chi connectivity index (χ0) is 14.5. The first-order valence-electron chi connectivity index (χ1n) is 7.53. The van der Waals surface area contributed by atoms with Crippen molar-refractivity contribution >= 4 is 5.91 Å². The van der Waals surface area contributed by atoms with Crippen LogP contribution < -0.4 is 5.73 Å². The van der Waals surface area contributed by atoms with Gasteiger partial charge in [0, 0.05) is 13.1 Å². The zero-order valence-electron chi connectivity index (χ0n) is 13.0. The summed E-state index contributed by atoms with van der Waals surface area (Å²) in [6.45, 7) is 10.8. The second-order valence-electron chi connectivity index (χ2n) is 6.31. The lowest BCUT2D eigenvalue weighted by Gasteiger charge is -2.47. The van der Waals surface area contributed by atoms with E-state index in [9.17, 15) is 4.79 Å². The van der Waals surface area contributed by atoms with Crippen molar-refractivity contribution in [1.29, 1.82) is 0 Å². The Bertz CT molecular complexity index is 297. The molecule has 2 N–H and O–H groups in total. The molecule has 0 spiro atoms. The minimum absolute atomic E-state index is 0.225. The van der Waals surface area contributed by atoms with Crippen molar-refractivity contribution < 1.29 is 9.53 Å². The van der Waals surface area contributed by atoms with E-state index in [1.165, 1.54) is 0 Å². The van der Waals surface area contributed by atoms with Gasteiger partial charge < -0.3 is 15.4 Å². The highest BCUT2D eigenvalue weighted by molar-refractivity contribution is 5.83. The molecule has 0 bridgehead atoms. The van der Waals surface area contributed by atoms with Crippen LogP contribution >= 0.6 is 0 Å². The molecule has 1 amide bonds. The summed E-state index contributed by atoms with van der Waals surface area (Å²) < 4.78 is 5.51. The fourth-order valence-electron chi connectivity index (χ4n) is 3.11. The topological polar surface area (TPSA) is 55.6 Å². The molecular weight excluding hydrogens is 240 g/mol. The number of carbonyl (C=O) groups excluding carboxylic acids is 1. The number of hydrogen-bond acceptors (Lipinski definition) is 3. The lowest BCUT2D eigenvalue weighted by Crippen LogP contribution is -2.60. The van der Waals surface area contributed by atoms with E-state index in [0.29, 0.717) is 26.3 Å². The molecule has 0 atom stereocenters. The maximum absolute atomic E-state index is 13.0. The Morgan fingerprint density at radius 3 is 2.32 bits per heavy atom. The van der Waals surface area contributed by atoms with E-state index in [-0.39, 0.29) is 16.9 Å². The fourth-order valence-corrected chi connectivity index (χ4v) is 3.11. The van der Waals surface area contributed by atoms with Crippen molar-refractivity contribution in [2.24, 2.45) is 11.1 Å². The largest absolute Gasteiger partial charge is 0.377 e. The van der Waals surface area contributed by atoms with Crippen LogP contribution in [0.4, 0.5) is 0 Å². The molecule has 0 aromatic heterocycles. The molecule has 4 nitrogen and oxygen atoms in total. The predicted octanol–water partition coefficient (Wildman–Crippen LogP) is 2.17. The Morgan fingerprint density at radius 2 is 1.89 bits per heavy atom. The van der Waals surface area contributed by atoms with Gasteiger partial charge in [-0.3, -0.25) is 4.79 Å². The number of nitrogens with two attached hydrogens (primary N) is 1. The van der Waals surface area contributed by atoms with E-state index < -0.39 is 0 Å². The number of carbonyl (C=O) groups is 1. The summed E-state index contributed by atoms with van der Waals surface area (Å²) in [5.41, 5.74) is 5.40. The molecule has 4 heteroatoms. The van der Waals surface area contributed by atoms with Crippen molar-refractivity contribution in [2.45, 2.75) is 58.9 Å². The molecule has 0 aromatic carbocycles. The van der Waals surface area contributed by atoms with Crippen molar-refractivity contribution in [3.8, 4) is 0 Å². The summed E-state index contributed by atoms with van der Waals surface area (Å²) in [4.78, 5) is 15.0. The van der Waals surface area contributed by atoms with E-state index in [4.69, 9.17) is 10.5 Å². The molecule has 1 saturated heterocycles. The van der Waals surface area contributed by atoms with Gasteiger partial charge >= 0.3 is 0 Å². The molecule has 0 saturated carbocycles. The van der Waals surface area contributed by atoms with Gasteiger partial charge in [0.2, 0.25) is 5.91 Å². The van der Waals surface area contributed by atoms with Crippen LogP contribution in [0.2, 0.25) is 0 Å². The van der Waals surface area contributed by atoms with Crippen molar-refractivity contribution in [3.05, 3.63) is 0 Å². The average Bonchev–Trinajstić information content (AvgIpc) is 2.37. The fraction of sp³-hybridized carbons (Fsp3) is 0.933. The zero-order valence-corrected chi connectivity index (χ0v) is 13.0. The van der Waals surface area contributed by atoms with Crippen LogP contribution in [0.25, 0.3) is 0 Å². The van der Waals surface area contributed by atoms with Gasteiger partial charge in [0.05, 0.1) is 24.2 Å². The van der Waals surface area contributed by atoms with Gasteiger partial charge in [-0.1, -0.05) is 26.7 Å². The first-order chi connectivity index (χ1) is 8.93. The van der Waals surface area contributed by atoms with Crippen molar-refractivity contribution in [3.63, 3.8) is 0 Å². The summed E-state index contributed by atoms with van der Waals surface area (Å²) >= 11 is 0.